The maximum atomic E-state index is 12.1. The highest BCUT2D eigenvalue weighted by atomic mass is 127. The summed E-state index contributed by atoms with van der Waals surface area (Å²) < 4.78 is 7.69. The first-order valence-corrected chi connectivity index (χ1v) is 11.2. The molecular weight excluding hydrogens is 624 g/mol. The number of nitrogens with zero attached hydrogens (tertiary/aromatic N) is 2. The molecule has 1 amide bonds. The van der Waals surface area contributed by atoms with Crippen LogP contribution >= 0.6 is 45.2 Å². The van der Waals surface area contributed by atoms with Gasteiger partial charge in [-0.15, -0.1) is 0 Å². The Morgan fingerprint density at radius 1 is 1.10 bits per heavy atom. The minimum atomic E-state index is -0.431. The van der Waals surface area contributed by atoms with E-state index >= 15 is 0 Å². The van der Waals surface area contributed by atoms with Gasteiger partial charge in [-0.3, -0.25) is 14.9 Å². The van der Waals surface area contributed by atoms with Gasteiger partial charge in [0.05, 0.1) is 18.3 Å². The second kappa shape index (κ2) is 10.7. The van der Waals surface area contributed by atoms with Gasteiger partial charge in [-0.05, 0) is 99.6 Å². The van der Waals surface area contributed by atoms with Crippen LogP contribution in [-0.4, -0.2) is 17.0 Å². The first-order chi connectivity index (χ1) is 14.8. The number of hydrogen-bond donors (Lipinski definition) is 1. The van der Waals surface area contributed by atoms with Gasteiger partial charge in [0.1, 0.15) is 12.4 Å². The van der Waals surface area contributed by atoms with Crippen molar-refractivity contribution >= 4 is 63.0 Å². The highest BCUT2D eigenvalue weighted by molar-refractivity contribution is 14.1. The predicted molar refractivity (Wildman–Crippen MR) is 136 cm³/mol. The quantitative estimate of drug-likeness (QED) is 0.161. The number of hydrazone groups is 1. The molecule has 3 aromatic rings. The van der Waals surface area contributed by atoms with Gasteiger partial charge in [0.2, 0.25) is 0 Å². The number of aryl methyl sites for hydroxylation is 1. The van der Waals surface area contributed by atoms with Crippen molar-refractivity contribution in [1.82, 2.24) is 5.43 Å². The number of nitrogens with one attached hydrogen (secondary N) is 1. The highest BCUT2D eigenvalue weighted by Crippen LogP contribution is 2.29. The first-order valence-electron chi connectivity index (χ1n) is 9.09. The number of nitro benzene ring substituents is 1. The standard InChI is InChI=1S/C22H17I2N3O4/c1-14-2-6-17(7-3-14)22(28)26-25-12-16-10-19(23)21(20(24)11-16)31-13-15-4-8-18(9-5-15)27(29)30/h2-12H,13H2,1H3,(H,26,28)/b25-12+. The average Bonchev–Trinajstić information content (AvgIpc) is 2.74. The van der Waals surface area contributed by atoms with Crippen molar-refractivity contribution in [3.63, 3.8) is 0 Å². The second-order valence-corrected chi connectivity index (χ2v) is 8.92. The molecule has 0 bridgehead atoms. The Balaban J connectivity index is 1.62. The molecule has 0 heterocycles. The molecular formula is C22H17I2N3O4. The van der Waals surface area contributed by atoms with E-state index in [0.29, 0.717) is 12.2 Å². The van der Waals surface area contributed by atoms with E-state index in [1.807, 2.05) is 31.2 Å². The number of rotatable bonds is 7. The number of nitro groups is 1. The fourth-order valence-electron chi connectivity index (χ4n) is 2.60. The van der Waals surface area contributed by atoms with Crippen LogP contribution in [-0.2, 0) is 6.61 Å². The Kier molecular flexibility index (Phi) is 7.96. The molecule has 9 heteroatoms. The summed E-state index contributed by atoms with van der Waals surface area (Å²) in [6.45, 7) is 2.26. The number of hydrogen-bond acceptors (Lipinski definition) is 5. The average molecular weight is 641 g/mol. The van der Waals surface area contributed by atoms with E-state index in [-0.39, 0.29) is 11.6 Å². The van der Waals surface area contributed by atoms with E-state index in [2.05, 4.69) is 55.7 Å². The molecule has 158 valence electrons. The molecule has 0 aliphatic rings. The van der Waals surface area contributed by atoms with Gasteiger partial charge in [0.15, 0.2) is 0 Å². The number of amides is 1. The molecule has 0 fully saturated rings. The summed E-state index contributed by atoms with van der Waals surface area (Å²) in [7, 11) is 0. The zero-order valence-corrected chi connectivity index (χ0v) is 20.7. The minimum Gasteiger partial charge on any atom is -0.487 e. The van der Waals surface area contributed by atoms with Crippen LogP contribution in [0.2, 0.25) is 0 Å². The van der Waals surface area contributed by atoms with Crippen molar-refractivity contribution in [3.8, 4) is 5.75 Å². The monoisotopic (exact) mass is 641 g/mol. The summed E-state index contributed by atoms with van der Waals surface area (Å²) in [6, 6.07) is 17.3. The summed E-state index contributed by atoms with van der Waals surface area (Å²) in [5, 5.41) is 14.8. The third kappa shape index (κ3) is 6.47. The molecule has 0 atom stereocenters. The molecule has 0 saturated heterocycles. The molecule has 0 aliphatic heterocycles. The Hall–Kier alpha value is -2.54. The summed E-state index contributed by atoms with van der Waals surface area (Å²) in [4.78, 5) is 22.4. The van der Waals surface area contributed by atoms with Crippen molar-refractivity contribution in [2.45, 2.75) is 13.5 Å². The molecule has 31 heavy (non-hydrogen) atoms. The van der Waals surface area contributed by atoms with E-state index in [1.165, 1.54) is 12.1 Å². The van der Waals surface area contributed by atoms with Crippen LogP contribution in [0.15, 0.2) is 65.8 Å². The van der Waals surface area contributed by atoms with Crippen molar-refractivity contribution in [1.29, 1.82) is 0 Å². The molecule has 0 saturated carbocycles. The van der Waals surface area contributed by atoms with Crippen LogP contribution in [0.1, 0.15) is 27.0 Å². The van der Waals surface area contributed by atoms with Crippen molar-refractivity contribution in [2.75, 3.05) is 0 Å². The topological polar surface area (TPSA) is 93.8 Å². The van der Waals surface area contributed by atoms with Crippen LogP contribution in [0.25, 0.3) is 0 Å². The summed E-state index contributed by atoms with van der Waals surface area (Å²) >= 11 is 4.36. The van der Waals surface area contributed by atoms with Gasteiger partial charge >= 0.3 is 0 Å². The Labute approximate surface area is 206 Å². The molecule has 0 aromatic heterocycles. The number of benzene rings is 3. The number of carbonyl (C=O) groups excluding carboxylic acids is 1. The lowest BCUT2D eigenvalue weighted by atomic mass is 10.1. The van der Waals surface area contributed by atoms with E-state index in [0.717, 1.165) is 29.6 Å². The van der Waals surface area contributed by atoms with Crippen molar-refractivity contribution in [3.05, 3.63) is 100 Å². The molecule has 7 nitrogen and oxygen atoms in total. The van der Waals surface area contributed by atoms with E-state index < -0.39 is 4.92 Å². The number of carbonyl (C=O) groups is 1. The van der Waals surface area contributed by atoms with Gasteiger partial charge in [0.25, 0.3) is 11.6 Å². The smallest absolute Gasteiger partial charge is 0.271 e. The van der Waals surface area contributed by atoms with Gasteiger partial charge in [-0.1, -0.05) is 17.7 Å². The predicted octanol–water partition coefficient (Wildman–Crippen LogP) is 5.46. The third-order valence-electron chi connectivity index (χ3n) is 4.24. The molecule has 0 unspecified atom stereocenters. The van der Waals surface area contributed by atoms with Crippen LogP contribution in [0.4, 0.5) is 5.69 Å². The second-order valence-electron chi connectivity index (χ2n) is 6.59. The van der Waals surface area contributed by atoms with Crippen LogP contribution in [0.3, 0.4) is 0 Å². The van der Waals surface area contributed by atoms with Crippen LogP contribution < -0.4 is 10.2 Å². The first kappa shape index (κ1) is 23.1. The fraction of sp³-hybridized carbons (Fsp3) is 0.0909. The molecule has 1 N–H and O–H groups in total. The number of ether oxygens (including phenoxy) is 1. The van der Waals surface area contributed by atoms with Gasteiger partial charge < -0.3 is 4.74 Å². The summed E-state index contributed by atoms with van der Waals surface area (Å²) in [6.07, 6.45) is 1.58. The van der Waals surface area contributed by atoms with Crippen LogP contribution in [0.5, 0.6) is 5.75 Å². The molecule has 0 radical (unpaired) electrons. The van der Waals surface area contributed by atoms with E-state index in [9.17, 15) is 14.9 Å². The Bertz CT molecular complexity index is 1110. The molecule has 3 rings (SSSR count). The lowest BCUT2D eigenvalue weighted by Gasteiger charge is -2.11. The van der Waals surface area contributed by atoms with Gasteiger partial charge in [-0.25, -0.2) is 5.43 Å². The minimum absolute atomic E-state index is 0.0472. The summed E-state index contributed by atoms with van der Waals surface area (Å²) in [5.74, 6) is 0.448. The molecule has 3 aromatic carbocycles. The maximum Gasteiger partial charge on any atom is 0.271 e. The zero-order valence-electron chi connectivity index (χ0n) is 16.3. The molecule has 0 spiro atoms. The molecule has 0 aliphatic carbocycles. The highest BCUT2D eigenvalue weighted by Gasteiger charge is 2.10. The van der Waals surface area contributed by atoms with Crippen LogP contribution in [0, 0.1) is 24.2 Å². The Morgan fingerprint density at radius 3 is 2.29 bits per heavy atom. The number of halogens is 2. The third-order valence-corrected chi connectivity index (χ3v) is 5.85. The van der Waals surface area contributed by atoms with Crippen molar-refractivity contribution < 1.29 is 14.5 Å². The Morgan fingerprint density at radius 2 is 1.71 bits per heavy atom. The van der Waals surface area contributed by atoms with E-state index in [4.69, 9.17) is 4.74 Å². The lowest BCUT2D eigenvalue weighted by molar-refractivity contribution is -0.384. The lowest BCUT2D eigenvalue weighted by Crippen LogP contribution is -2.17. The normalized spacial score (nSPS) is 10.8. The largest absolute Gasteiger partial charge is 0.487 e. The maximum absolute atomic E-state index is 12.1. The summed E-state index contributed by atoms with van der Waals surface area (Å²) in [5.41, 5.74) is 5.86. The van der Waals surface area contributed by atoms with Gasteiger partial charge in [-0.2, -0.15) is 5.10 Å². The number of non-ortho nitro benzene ring substituents is 1. The van der Waals surface area contributed by atoms with E-state index in [1.54, 1.807) is 30.5 Å². The van der Waals surface area contributed by atoms with Crippen molar-refractivity contribution in [2.24, 2.45) is 5.10 Å². The SMILES string of the molecule is Cc1ccc(C(=O)N/N=C/c2cc(I)c(OCc3ccc([N+](=O)[O-])cc3)c(I)c2)cc1. The zero-order chi connectivity index (χ0) is 22.4. The fourth-order valence-corrected chi connectivity index (χ4v) is 4.72. The van der Waals surface area contributed by atoms with Gasteiger partial charge in [0, 0.05) is 17.7 Å².